The Morgan fingerprint density at radius 1 is 1.32 bits per heavy atom. The van der Waals surface area contributed by atoms with Crippen LogP contribution >= 0.6 is 0 Å². The Hall–Kier alpha value is -1.38. The molecule has 2 aliphatic rings. The molecule has 3 rings (SSSR count). The molecule has 102 valence electrons. The van der Waals surface area contributed by atoms with Crippen LogP contribution in [0.1, 0.15) is 60.8 Å². The van der Waals surface area contributed by atoms with Crippen LogP contribution in [0.2, 0.25) is 0 Å². The first-order chi connectivity index (χ1) is 8.92. The minimum atomic E-state index is -2.87. The molecule has 19 heavy (non-hydrogen) atoms. The summed E-state index contributed by atoms with van der Waals surface area (Å²) in [6, 6.07) is 2.11. The Morgan fingerprint density at radius 2 is 2.00 bits per heavy atom. The number of benzene rings is 1. The second-order valence-corrected chi connectivity index (χ2v) is 5.98. The van der Waals surface area contributed by atoms with Gasteiger partial charge in [0.05, 0.1) is 11.3 Å². The molecule has 1 N–H and O–H groups in total. The Labute approximate surface area is 112 Å². The highest BCUT2D eigenvalue weighted by atomic mass is 19.3. The Bertz CT molecular complexity index is 554. The second-order valence-electron chi connectivity index (χ2n) is 5.98. The molecule has 0 amide bonds. The van der Waals surface area contributed by atoms with Gasteiger partial charge >= 0.3 is 0 Å². The van der Waals surface area contributed by atoms with Gasteiger partial charge in [-0.15, -0.1) is 0 Å². The molecule has 1 aromatic rings. The molecule has 0 spiro atoms. The minimum Gasteiger partial charge on any atom is -0.361 e. The molecule has 1 aliphatic heterocycles. The number of nitrogens with one attached hydrogen (secondary N) is 1. The van der Waals surface area contributed by atoms with E-state index in [9.17, 15) is 8.78 Å². The zero-order chi connectivity index (χ0) is 13.8. The van der Waals surface area contributed by atoms with Crippen molar-refractivity contribution in [3.63, 3.8) is 0 Å². The first-order valence-electron chi connectivity index (χ1n) is 6.91. The molecule has 0 radical (unpaired) electrons. The molecule has 0 saturated heterocycles. The average Bonchev–Trinajstić information content (AvgIpc) is 3.12. The normalized spacial score (nSPS) is 20.3. The van der Waals surface area contributed by atoms with Crippen LogP contribution in [-0.4, -0.2) is 0 Å². The van der Waals surface area contributed by atoms with Crippen LogP contribution < -0.4 is 5.32 Å². The third-order valence-electron chi connectivity index (χ3n) is 4.04. The Balaban J connectivity index is 2.31. The summed E-state index contributed by atoms with van der Waals surface area (Å²) < 4.78 is 28.7. The number of hydrogen-bond donors (Lipinski definition) is 1. The van der Waals surface area contributed by atoms with Crippen molar-refractivity contribution in [1.82, 2.24) is 0 Å². The molecule has 3 heteroatoms. The molecule has 1 aliphatic carbocycles. The zero-order valence-electron chi connectivity index (χ0n) is 11.6. The molecule has 1 nitrogen and oxygen atoms in total. The van der Waals surface area contributed by atoms with Crippen molar-refractivity contribution in [2.75, 3.05) is 5.32 Å². The topological polar surface area (TPSA) is 12.0 Å². The molecule has 1 heterocycles. The predicted molar refractivity (Wildman–Crippen MR) is 73.9 cm³/mol. The summed E-state index contributed by atoms with van der Waals surface area (Å²) in [4.78, 5) is 0. The zero-order valence-corrected chi connectivity index (χ0v) is 11.6. The predicted octanol–water partition coefficient (Wildman–Crippen LogP) is 5.03. The first-order valence-corrected chi connectivity index (χ1v) is 6.91. The summed E-state index contributed by atoms with van der Waals surface area (Å²) >= 11 is 0. The van der Waals surface area contributed by atoms with Crippen molar-refractivity contribution >= 4 is 5.69 Å². The standard InChI is InChI=1S/C16H19F2N/c1-9(2)13-12(11-4-5-11)8-10(3)15-14(13)16(17,18)6-7-19-15/h6-9,11,19H,4-5H2,1-3H3. The van der Waals surface area contributed by atoms with Gasteiger partial charge in [-0.1, -0.05) is 19.9 Å². The molecular formula is C16H19F2N. The number of alkyl halides is 2. The van der Waals surface area contributed by atoms with Crippen LogP contribution in [0.3, 0.4) is 0 Å². The average molecular weight is 263 g/mol. The van der Waals surface area contributed by atoms with Crippen molar-refractivity contribution in [1.29, 1.82) is 0 Å². The van der Waals surface area contributed by atoms with E-state index in [4.69, 9.17) is 0 Å². The van der Waals surface area contributed by atoms with Gasteiger partial charge in [-0.3, -0.25) is 0 Å². The van der Waals surface area contributed by atoms with Gasteiger partial charge in [0.2, 0.25) is 0 Å². The summed E-state index contributed by atoms with van der Waals surface area (Å²) in [5.74, 6) is -2.26. The Kier molecular flexibility index (Phi) is 2.70. The van der Waals surface area contributed by atoms with Crippen molar-refractivity contribution in [2.45, 2.75) is 51.4 Å². The summed E-state index contributed by atoms with van der Waals surface area (Å²) in [6.45, 7) is 5.92. The van der Waals surface area contributed by atoms with E-state index in [1.807, 2.05) is 20.8 Å². The smallest absolute Gasteiger partial charge is 0.295 e. The lowest BCUT2D eigenvalue weighted by molar-refractivity contribution is 0.0502. The van der Waals surface area contributed by atoms with E-state index in [1.165, 1.54) is 6.20 Å². The maximum Gasteiger partial charge on any atom is 0.295 e. The number of anilines is 1. The fourth-order valence-electron chi connectivity index (χ4n) is 3.06. The number of allylic oxidation sites excluding steroid dienone is 1. The fraction of sp³-hybridized carbons (Fsp3) is 0.500. The lowest BCUT2D eigenvalue weighted by atomic mass is 9.83. The van der Waals surface area contributed by atoms with Crippen molar-refractivity contribution < 1.29 is 8.78 Å². The SMILES string of the molecule is Cc1cc(C2CC2)c(C(C)C)c2c1NC=CC2(F)F. The molecule has 0 atom stereocenters. The van der Waals surface area contributed by atoms with E-state index in [0.717, 1.165) is 35.6 Å². The maximum atomic E-state index is 14.3. The highest BCUT2D eigenvalue weighted by Crippen LogP contribution is 2.51. The first kappa shape index (κ1) is 12.6. The largest absolute Gasteiger partial charge is 0.361 e. The van der Waals surface area contributed by atoms with Gasteiger partial charge in [0.15, 0.2) is 0 Å². The molecular weight excluding hydrogens is 244 g/mol. The molecule has 1 aromatic carbocycles. The summed E-state index contributed by atoms with van der Waals surface area (Å²) in [6.07, 6.45) is 4.59. The van der Waals surface area contributed by atoms with Crippen molar-refractivity contribution in [2.24, 2.45) is 0 Å². The number of fused-ring (bicyclic) bond motifs is 1. The van der Waals surface area contributed by atoms with Gasteiger partial charge in [0.25, 0.3) is 5.92 Å². The van der Waals surface area contributed by atoms with Crippen LogP contribution in [0, 0.1) is 6.92 Å². The van der Waals surface area contributed by atoms with E-state index in [0.29, 0.717) is 11.6 Å². The summed E-state index contributed by atoms with van der Waals surface area (Å²) in [5.41, 5.74) is 3.71. The van der Waals surface area contributed by atoms with Crippen molar-refractivity contribution in [3.05, 3.63) is 40.6 Å². The number of rotatable bonds is 2. The van der Waals surface area contributed by atoms with Gasteiger partial charge in [0, 0.05) is 12.3 Å². The van der Waals surface area contributed by atoms with E-state index in [2.05, 4.69) is 11.4 Å². The quantitative estimate of drug-likeness (QED) is 0.789. The van der Waals surface area contributed by atoms with Gasteiger partial charge in [-0.05, 0) is 48.3 Å². The Morgan fingerprint density at radius 3 is 2.58 bits per heavy atom. The second kappa shape index (κ2) is 4.06. The number of halogens is 2. The highest BCUT2D eigenvalue weighted by Gasteiger charge is 2.40. The highest BCUT2D eigenvalue weighted by molar-refractivity contribution is 5.69. The molecule has 0 unspecified atom stereocenters. The van der Waals surface area contributed by atoms with Gasteiger partial charge in [-0.25, -0.2) is 0 Å². The monoisotopic (exact) mass is 263 g/mol. The van der Waals surface area contributed by atoms with E-state index >= 15 is 0 Å². The third kappa shape index (κ3) is 1.96. The third-order valence-corrected chi connectivity index (χ3v) is 4.04. The van der Waals surface area contributed by atoms with Crippen LogP contribution in [0.5, 0.6) is 0 Å². The van der Waals surface area contributed by atoms with E-state index in [1.54, 1.807) is 0 Å². The lowest BCUT2D eigenvalue weighted by Crippen LogP contribution is -2.22. The van der Waals surface area contributed by atoms with E-state index in [-0.39, 0.29) is 11.5 Å². The lowest BCUT2D eigenvalue weighted by Gasteiger charge is -2.29. The van der Waals surface area contributed by atoms with E-state index < -0.39 is 5.92 Å². The van der Waals surface area contributed by atoms with Crippen LogP contribution in [0.4, 0.5) is 14.5 Å². The van der Waals surface area contributed by atoms with Gasteiger partial charge in [0.1, 0.15) is 0 Å². The van der Waals surface area contributed by atoms with Crippen LogP contribution in [-0.2, 0) is 5.92 Å². The molecule has 1 fully saturated rings. The van der Waals surface area contributed by atoms with Gasteiger partial charge < -0.3 is 5.32 Å². The maximum absolute atomic E-state index is 14.3. The number of aryl methyl sites for hydroxylation is 1. The molecule has 0 bridgehead atoms. The number of hydrogen-bond acceptors (Lipinski definition) is 1. The molecule has 1 saturated carbocycles. The van der Waals surface area contributed by atoms with Gasteiger partial charge in [-0.2, -0.15) is 8.78 Å². The summed E-state index contributed by atoms with van der Waals surface area (Å²) in [5, 5.41) is 3.01. The summed E-state index contributed by atoms with van der Waals surface area (Å²) in [7, 11) is 0. The molecule has 0 aromatic heterocycles. The van der Waals surface area contributed by atoms with Crippen molar-refractivity contribution in [3.8, 4) is 0 Å². The van der Waals surface area contributed by atoms with Crippen LogP contribution in [0.15, 0.2) is 18.3 Å². The fourth-order valence-corrected chi connectivity index (χ4v) is 3.06. The minimum absolute atomic E-state index is 0.115. The van der Waals surface area contributed by atoms with Crippen LogP contribution in [0.25, 0.3) is 0 Å².